The van der Waals surface area contributed by atoms with Gasteiger partial charge in [0.1, 0.15) is 5.54 Å². The van der Waals surface area contributed by atoms with Gasteiger partial charge in [-0.05, 0) is 25.5 Å². The molecule has 0 aliphatic carbocycles. The molecular weight excluding hydrogens is 198 g/mol. The van der Waals surface area contributed by atoms with Crippen LogP contribution in [0.1, 0.15) is 33.6 Å². The molecule has 0 amide bonds. The molecule has 0 radical (unpaired) electrons. The molecule has 3 nitrogen and oxygen atoms in total. The Hall–Kier alpha value is -0.220. The number of thioether (sulfide) groups is 1. The van der Waals surface area contributed by atoms with E-state index in [1.807, 2.05) is 13.8 Å². The number of carboxylic acids is 1. The second-order valence-corrected chi connectivity index (χ2v) is 5.44. The molecule has 0 aromatic heterocycles. The lowest BCUT2D eigenvalue weighted by molar-refractivity contribution is -0.145. The second-order valence-electron chi connectivity index (χ2n) is 3.99. The first kappa shape index (κ1) is 11.9. The maximum Gasteiger partial charge on any atom is 0.325 e. The van der Waals surface area contributed by atoms with Crippen LogP contribution in [0.15, 0.2) is 0 Å². The number of rotatable bonds is 4. The third kappa shape index (κ3) is 2.06. The van der Waals surface area contributed by atoms with Gasteiger partial charge < -0.3 is 5.11 Å². The molecule has 4 heteroatoms. The maximum atomic E-state index is 11.3. The largest absolute Gasteiger partial charge is 0.480 e. The molecule has 14 heavy (non-hydrogen) atoms. The van der Waals surface area contributed by atoms with Crippen molar-refractivity contribution in [3.8, 4) is 0 Å². The fraction of sp³-hybridized carbons (Fsp3) is 0.900. The van der Waals surface area contributed by atoms with E-state index in [0.29, 0.717) is 0 Å². The Morgan fingerprint density at radius 3 is 2.79 bits per heavy atom. The first-order valence-electron chi connectivity index (χ1n) is 5.15. The Balaban J connectivity index is 2.77. The van der Waals surface area contributed by atoms with Crippen LogP contribution in [0.5, 0.6) is 0 Å². The summed E-state index contributed by atoms with van der Waals surface area (Å²) >= 11 is 1.74. The summed E-state index contributed by atoms with van der Waals surface area (Å²) in [6.45, 7) is 6.11. The normalized spacial score (nSPS) is 34.4. The lowest BCUT2D eigenvalue weighted by atomic mass is 9.91. The molecule has 0 saturated carbocycles. The zero-order chi connectivity index (χ0) is 10.8. The summed E-state index contributed by atoms with van der Waals surface area (Å²) in [5.41, 5.74) is -0.694. The summed E-state index contributed by atoms with van der Waals surface area (Å²) in [4.78, 5) is 11.3. The van der Waals surface area contributed by atoms with E-state index in [1.165, 1.54) is 0 Å². The van der Waals surface area contributed by atoms with Crippen LogP contribution in [0.25, 0.3) is 0 Å². The standard InChI is InChI=1S/C10H19NO2S/c1-4-7(2)11-10(9(12)13)5-6-14-8(10)3/h7-8,11H,4-6H2,1-3H3,(H,12,13). The molecule has 1 fully saturated rings. The zero-order valence-electron chi connectivity index (χ0n) is 9.04. The third-order valence-corrected chi connectivity index (χ3v) is 4.40. The van der Waals surface area contributed by atoms with Crippen molar-refractivity contribution >= 4 is 17.7 Å². The fourth-order valence-corrected chi connectivity index (χ4v) is 3.18. The molecule has 0 aromatic carbocycles. The van der Waals surface area contributed by atoms with E-state index in [4.69, 9.17) is 0 Å². The number of hydrogen-bond donors (Lipinski definition) is 2. The van der Waals surface area contributed by atoms with Crippen LogP contribution in [0.4, 0.5) is 0 Å². The average molecular weight is 217 g/mol. The quantitative estimate of drug-likeness (QED) is 0.753. The van der Waals surface area contributed by atoms with Crippen LogP contribution in [0.3, 0.4) is 0 Å². The lowest BCUT2D eigenvalue weighted by Gasteiger charge is -2.32. The molecule has 2 N–H and O–H groups in total. The highest BCUT2D eigenvalue weighted by Crippen LogP contribution is 2.36. The second kappa shape index (κ2) is 4.53. The molecular formula is C10H19NO2S. The van der Waals surface area contributed by atoms with E-state index >= 15 is 0 Å². The first-order chi connectivity index (χ1) is 6.53. The van der Waals surface area contributed by atoms with Crippen LogP contribution < -0.4 is 5.32 Å². The van der Waals surface area contributed by atoms with Gasteiger partial charge in [-0.2, -0.15) is 11.8 Å². The SMILES string of the molecule is CCC(C)NC1(C(=O)O)CCSC1C. The summed E-state index contributed by atoms with van der Waals surface area (Å²) in [6, 6.07) is 0.271. The lowest BCUT2D eigenvalue weighted by Crippen LogP contribution is -2.58. The minimum Gasteiger partial charge on any atom is -0.480 e. The Morgan fingerprint density at radius 2 is 2.43 bits per heavy atom. The number of aliphatic carboxylic acids is 1. The molecule has 0 bridgehead atoms. The summed E-state index contributed by atoms with van der Waals surface area (Å²) in [5.74, 6) is 0.243. The van der Waals surface area contributed by atoms with Crippen molar-refractivity contribution in [1.82, 2.24) is 5.32 Å². The van der Waals surface area contributed by atoms with E-state index in [9.17, 15) is 9.90 Å². The van der Waals surface area contributed by atoms with Gasteiger partial charge in [0.05, 0.1) is 0 Å². The summed E-state index contributed by atoms with van der Waals surface area (Å²) < 4.78 is 0. The van der Waals surface area contributed by atoms with Crippen LogP contribution in [0, 0.1) is 0 Å². The molecule has 1 aliphatic heterocycles. The monoisotopic (exact) mass is 217 g/mol. The topological polar surface area (TPSA) is 49.3 Å². The van der Waals surface area contributed by atoms with E-state index in [-0.39, 0.29) is 11.3 Å². The van der Waals surface area contributed by atoms with Crippen molar-refractivity contribution in [3.05, 3.63) is 0 Å². The molecule has 1 rings (SSSR count). The van der Waals surface area contributed by atoms with Crippen LogP contribution in [-0.2, 0) is 4.79 Å². The third-order valence-electron chi connectivity index (χ3n) is 3.06. The van der Waals surface area contributed by atoms with E-state index in [2.05, 4.69) is 12.2 Å². The van der Waals surface area contributed by atoms with Gasteiger partial charge in [-0.3, -0.25) is 10.1 Å². The molecule has 1 saturated heterocycles. The molecule has 1 heterocycles. The Morgan fingerprint density at radius 1 is 1.79 bits per heavy atom. The average Bonchev–Trinajstić information content (AvgIpc) is 2.49. The van der Waals surface area contributed by atoms with Crippen molar-refractivity contribution in [2.45, 2.75) is 50.4 Å². The number of carbonyl (C=O) groups is 1. The van der Waals surface area contributed by atoms with Crippen molar-refractivity contribution in [2.24, 2.45) is 0 Å². The van der Waals surface area contributed by atoms with Gasteiger partial charge in [-0.15, -0.1) is 0 Å². The van der Waals surface area contributed by atoms with Gasteiger partial charge >= 0.3 is 5.97 Å². The minimum atomic E-state index is -0.699. The van der Waals surface area contributed by atoms with Crippen LogP contribution in [0.2, 0.25) is 0 Å². The zero-order valence-corrected chi connectivity index (χ0v) is 9.86. The Bertz CT molecular complexity index is 222. The molecule has 3 atom stereocenters. The molecule has 1 aliphatic rings. The van der Waals surface area contributed by atoms with Gasteiger partial charge in [-0.25, -0.2) is 0 Å². The highest BCUT2D eigenvalue weighted by Gasteiger charge is 2.47. The Labute approximate surface area is 89.6 Å². The fourth-order valence-electron chi connectivity index (χ4n) is 1.82. The maximum absolute atomic E-state index is 11.3. The van der Waals surface area contributed by atoms with Gasteiger partial charge in [0.15, 0.2) is 0 Å². The van der Waals surface area contributed by atoms with Gasteiger partial charge in [0.25, 0.3) is 0 Å². The number of nitrogens with one attached hydrogen (secondary N) is 1. The van der Waals surface area contributed by atoms with Crippen molar-refractivity contribution in [3.63, 3.8) is 0 Å². The van der Waals surface area contributed by atoms with E-state index < -0.39 is 11.5 Å². The summed E-state index contributed by atoms with van der Waals surface area (Å²) in [6.07, 6.45) is 1.70. The predicted octanol–water partition coefficient (Wildman–Crippen LogP) is 1.72. The Kier molecular flexibility index (Phi) is 3.84. The van der Waals surface area contributed by atoms with Gasteiger partial charge in [0.2, 0.25) is 0 Å². The van der Waals surface area contributed by atoms with E-state index in [0.717, 1.165) is 18.6 Å². The summed E-state index contributed by atoms with van der Waals surface area (Å²) in [5, 5.41) is 12.7. The molecule has 82 valence electrons. The molecule has 0 spiro atoms. The van der Waals surface area contributed by atoms with Crippen molar-refractivity contribution in [1.29, 1.82) is 0 Å². The van der Waals surface area contributed by atoms with Crippen LogP contribution >= 0.6 is 11.8 Å². The first-order valence-corrected chi connectivity index (χ1v) is 6.20. The minimum absolute atomic E-state index is 0.161. The van der Waals surface area contributed by atoms with Crippen molar-refractivity contribution in [2.75, 3.05) is 5.75 Å². The molecule has 3 unspecified atom stereocenters. The van der Waals surface area contributed by atoms with Gasteiger partial charge in [-0.1, -0.05) is 13.8 Å². The smallest absolute Gasteiger partial charge is 0.325 e. The summed E-state index contributed by atoms with van der Waals surface area (Å²) in [7, 11) is 0. The number of carboxylic acid groups (broad SMARTS) is 1. The number of hydrogen-bond acceptors (Lipinski definition) is 3. The highest BCUT2D eigenvalue weighted by molar-refractivity contribution is 8.00. The van der Waals surface area contributed by atoms with Crippen LogP contribution in [-0.4, -0.2) is 33.7 Å². The predicted molar refractivity (Wildman–Crippen MR) is 59.8 cm³/mol. The van der Waals surface area contributed by atoms with Gasteiger partial charge in [0, 0.05) is 11.3 Å². The van der Waals surface area contributed by atoms with Crippen molar-refractivity contribution < 1.29 is 9.90 Å². The highest BCUT2D eigenvalue weighted by atomic mass is 32.2. The molecule has 0 aromatic rings. The van der Waals surface area contributed by atoms with E-state index in [1.54, 1.807) is 11.8 Å².